The van der Waals surface area contributed by atoms with E-state index in [0.717, 1.165) is 17.7 Å². The molecule has 0 radical (unpaired) electrons. The van der Waals surface area contributed by atoms with E-state index in [4.69, 9.17) is 20.6 Å². The number of nitrogens with zero attached hydrogens (tertiary/aromatic N) is 2. The van der Waals surface area contributed by atoms with Crippen LogP contribution in [0.25, 0.3) is 11.4 Å². The van der Waals surface area contributed by atoms with E-state index in [9.17, 15) is 4.79 Å². The van der Waals surface area contributed by atoms with Gasteiger partial charge in [-0.3, -0.25) is 4.57 Å². The van der Waals surface area contributed by atoms with E-state index in [1.165, 1.54) is 4.57 Å². The van der Waals surface area contributed by atoms with Crippen LogP contribution in [0.4, 0.5) is 11.5 Å². The molecule has 204 valence electrons. The molecule has 1 heterocycles. The van der Waals surface area contributed by atoms with E-state index >= 15 is 0 Å². The summed E-state index contributed by atoms with van der Waals surface area (Å²) in [5.41, 5.74) is 8.88. The number of benzene rings is 3. The van der Waals surface area contributed by atoms with Crippen LogP contribution in [-0.2, 0) is 0 Å². The van der Waals surface area contributed by atoms with Crippen molar-refractivity contribution in [3.8, 4) is 28.6 Å². The second-order valence-corrected chi connectivity index (χ2v) is 8.56. The molecule has 8 nitrogen and oxygen atoms in total. The quantitative estimate of drug-likeness (QED) is 0.159. The molecule has 0 aliphatic heterocycles. The van der Waals surface area contributed by atoms with Gasteiger partial charge < -0.3 is 25.9 Å². The minimum Gasteiger partial charge on any atom is -0.497 e. The van der Waals surface area contributed by atoms with Crippen LogP contribution in [-0.4, -0.2) is 22.0 Å². The molecule has 0 saturated carbocycles. The number of nitrogen functional groups attached to an aromatic ring is 1. The van der Waals surface area contributed by atoms with Crippen molar-refractivity contribution in [1.29, 1.82) is 5.41 Å². The summed E-state index contributed by atoms with van der Waals surface area (Å²) in [6.45, 7) is 9.59. The molecule has 3 aromatic carbocycles. The van der Waals surface area contributed by atoms with E-state index in [0.29, 0.717) is 40.1 Å². The van der Waals surface area contributed by atoms with Crippen LogP contribution in [0.15, 0.2) is 83.8 Å². The van der Waals surface area contributed by atoms with E-state index in [-0.39, 0.29) is 11.4 Å². The molecular formula is C31H37N5O3. The minimum atomic E-state index is -0.346. The molecule has 0 aliphatic rings. The van der Waals surface area contributed by atoms with Crippen LogP contribution in [0.1, 0.15) is 45.4 Å². The minimum absolute atomic E-state index is 0.225. The maximum atomic E-state index is 14.0. The number of nitrogens with one attached hydrogen (secondary N) is 2. The SMILES string of the molecule is CC.CC/C=C/Nc1c(C(C)=N)n(-c2ccc(Oc3ccccc3)cc2C)c(=O)n1-c1cc(N)cc(OC)c1. The van der Waals surface area contributed by atoms with Crippen molar-refractivity contribution >= 4 is 17.2 Å². The van der Waals surface area contributed by atoms with Crippen molar-refractivity contribution in [3.63, 3.8) is 0 Å². The van der Waals surface area contributed by atoms with Crippen LogP contribution in [0, 0.1) is 12.3 Å². The fourth-order valence-electron chi connectivity index (χ4n) is 4.12. The Balaban J connectivity index is 0.00000205. The monoisotopic (exact) mass is 527 g/mol. The zero-order chi connectivity index (χ0) is 28.5. The van der Waals surface area contributed by atoms with Crippen LogP contribution in [0.2, 0.25) is 0 Å². The number of imidazole rings is 1. The number of para-hydroxylation sites is 1. The number of aryl methyl sites for hydroxylation is 1. The highest BCUT2D eigenvalue weighted by molar-refractivity contribution is 6.00. The number of hydrogen-bond donors (Lipinski definition) is 3. The van der Waals surface area contributed by atoms with Gasteiger partial charge in [-0.15, -0.1) is 0 Å². The molecule has 4 rings (SSSR count). The third-order valence-electron chi connectivity index (χ3n) is 5.78. The molecule has 0 unspecified atom stereocenters. The van der Waals surface area contributed by atoms with Gasteiger partial charge in [0.05, 0.1) is 24.2 Å². The fourth-order valence-corrected chi connectivity index (χ4v) is 4.12. The standard InChI is InChI=1S/C29H31N5O3.C2H6/c1-5-6-14-32-28-27(20(3)30)34(29(35)33(28)22-16-21(31)17-25(18-22)36-4)26-13-12-24(15-19(26)2)37-23-10-8-7-9-11-23;1-2/h6-18,30,32H,5,31H2,1-4H3;1-2H3/b14-6+,30-20?;. The molecule has 0 saturated heterocycles. The van der Waals surface area contributed by atoms with Crippen molar-refractivity contribution in [2.75, 3.05) is 18.2 Å². The molecule has 0 spiro atoms. The molecule has 8 heteroatoms. The molecule has 0 bridgehead atoms. The van der Waals surface area contributed by atoms with Crippen LogP contribution >= 0.6 is 0 Å². The maximum absolute atomic E-state index is 14.0. The molecule has 0 amide bonds. The van der Waals surface area contributed by atoms with Crippen molar-refractivity contribution in [2.24, 2.45) is 0 Å². The maximum Gasteiger partial charge on any atom is 0.339 e. The highest BCUT2D eigenvalue weighted by Crippen LogP contribution is 2.30. The van der Waals surface area contributed by atoms with Crippen molar-refractivity contribution in [3.05, 3.63) is 101 Å². The number of aromatic nitrogens is 2. The van der Waals surface area contributed by atoms with Gasteiger partial charge in [-0.05, 0) is 68.4 Å². The largest absolute Gasteiger partial charge is 0.497 e. The van der Waals surface area contributed by atoms with Gasteiger partial charge in [0.25, 0.3) is 0 Å². The van der Waals surface area contributed by atoms with Crippen molar-refractivity contribution < 1.29 is 9.47 Å². The number of rotatable bonds is 9. The Morgan fingerprint density at radius 3 is 2.33 bits per heavy atom. The average Bonchev–Trinajstić information content (AvgIpc) is 3.22. The van der Waals surface area contributed by atoms with Crippen LogP contribution in [0.3, 0.4) is 0 Å². The molecule has 0 aliphatic carbocycles. The first kappa shape index (κ1) is 28.8. The lowest BCUT2D eigenvalue weighted by Gasteiger charge is -2.13. The highest BCUT2D eigenvalue weighted by atomic mass is 16.5. The van der Waals surface area contributed by atoms with Gasteiger partial charge in [-0.2, -0.15) is 0 Å². The Kier molecular flexibility index (Phi) is 9.75. The second-order valence-electron chi connectivity index (χ2n) is 8.56. The van der Waals surface area contributed by atoms with Crippen LogP contribution < -0.4 is 26.2 Å². The van der Waals surface area contributed by atoms with E-state index in [1.54, 1.807) is 43.0 Å². The van der Waals surface area contributed by atoms with Gasteiger partial charge in [-0.1, -0.05) is 45.0 Å². The zero-order valence-corrected chi connectivity index (χ0v) is 23.4. The Labute approximate surface area is 229 Å². The number of nitrogens with two attached hydrogens (primary N) is 1. The van der Waals surface area contributed by atoms with Gasteiger partial charge in [0.1, 0.15) is 28.8 Å². The first-order valence-electron chi connectivity index (χ1n) is 13.0. The summed E-state index contributed by atoms with van der Waals surface area (Å²) < 4.78 is 14.4. The lowest BCUT2D eigenvalue weighted by molar-refractivity contribution is 0.415. The molecule has 4 aromatic rings. The molecule has 4 N–H and O–H groups in total. The average molecular weight is 528 g/mol. The Hall–Kier alpha value is -4.72. The third-order valence-corrected chi connectivity index (χ3v) is 5.78. The first-order chi connectivity index (χ1) is 18.8. The van der Waals surface area contributed by atoms with Gasteiger partial charge in [0.2, 0.25) is 0 Å². The summed E-state index contributed by atoms with van der Waals surface area (Å²) in [6, 6.07) is 20.2. The smallest absolute Gasteiger partial charge is 0.339 e. The lowest BCUT2D eigenvalue weighted by Crippen LogP contribution is -2.24. The summed E-state index contributed by atoms with van der Waals surface area (Å²) in [6.07, 6.45) is 4.52. The lowest BCUT2D eigenvalue weighted by atomic mass is 10.1. The Morgan fingerprint density at radius 1 is 1.00 bits per heavy atom. The van der Waals surface area contributed by atoms with E-state index < -0.39 is 0 Å². The van der Waals surface area contributed by atoms with E-state index in [2.05, 4.69) is 5.32 Å². The van der Waals surface area contributed by atoms with Gasteiger partial charge in [-0.25, -0.2) is 9.36 Å². The first-order valence-corrected chi connectivity index (χ1v) is 13.0. The summed E-state index contributed by atoms with van der Waals surface area (Å²) in [4.78, 5) is 14.0. The highest BCUT2D eigenvalue weighted by Gasteiger charge is 2.24. The van der Waals surface area contributed by atoms with Gasteiger partial charge >= 0.3 is 5.69 Å². The summed E-state index contributed by atoms with van der Waals surface area (Å²) in [5, 5.41) is 11.8. The van der Waals surface area contributed by atoms with Crippen LogP contribution in [0.5, 0.6) is 17.2 Å². The van der Waals surface area contributed by atoms with E-state index in [1.807, 2.05) is 82.3 Å². The number of ether oxygens (including phenoxy) is 2. The molecular weight excluding hydrogens is 490 g/mol. The number of hydrogen-bond acceptors (Lipinski definition) is 6. The number of anilines is 2. The normalized spacial score (nSPS) is 10.6. The summed E-state index contributed by atoms with van der Waals surface area (Å²) in [5.74, 6) is 2.35. The number of methoxy groups -OCH3 is 1. The second kappa shape index (κ2) is 13.2. The predicted octanol–water partition coefficient (Wildman–Crippen LogP) is 7.07. The van der Waals surface area contributed by atoms with Gasteiger partial charge in [0, 0.05) is 17.8 Å². The van der Waals surface area contributed by atoms with Crippen molar-refractivity contribution in [1.82, 2.24) is 9.13 Å². The third kappa shape index (κ3) is 6.41. The predicted molar refractivity (Wildman–Crippen MR) is 160 cm³/mol. The molecule has 0 atom stereocenters. The molecule has 0 fully saturated rings. The zero-order valence-electron chi connectivity index (χ0n) is 23.4. The Morgan fingerprint density at radius 2 is 1.72 bits per heavy atom. The summed E-state index contributed by atoms with van der Waals surface area (Å²) in [7, 11) is 1.55. The fraction of sp³-hybridized carbons (Fsp3) is 0.226. The van der Waals surface area contributed by atoms with Crippen molar-refractivity contribution in [2.45, 2.75) is 41.0 Å². The molecule has 1 aromatic heterocycles. The topological polar surface area (TPSA) is 107 Å². The number of allylic oxidation sites excluding steroid dienone is 1. The summed E-state index contributed by atoms with van der Waals surface area (Å²) >= 11 is 0. The Bertz CT molecular complexity index is 1520. The molecule has 39 heavy (non-hydrogen) atoms. The van der Waals surface area contributed by atoms with Gasteiger partial charge in [0.15, 0.2) is 0 Å².